The highest BCUT2D eigenvalue weighted by Gasteiger charge is 2.41. The maximum Gasteiger partial charge on any atom is 0.391 e. The second-order valence-electron chi connectivity index (χ2n) is 5.05. The smallest absolute Gasteiger partial charge is 0.287 e. The van der Waals surface area contributed by atoms with Crippen LogP contribution in [-0.4, -0.2) is 18.1 Å². The molecule has 0 spiro atoms. The number of alkyl halides is 3. The summed E-state index contributed by atoms with van der Waals surface area (Å²) in [5.74, 6) is -1.48. The average Bonchev–Trinajstić information content (AvgIpc) is 2.45. The van der Waals surface area contributed by atoms with Crippen LogP contribution in [0, 0.1) is 5.92 Å². The van der Waals surface area contributed by atoms with Gasteiger partial charge in [-0.2, -0.15) is 13.2 Å². The van der Waals surface area contributed by atoms with E-state index in [9.17, 15) is 18.0 Å². The zero-order chi connectivity index (χ0) is 14.6. The molecule has 0 unspecified atom stereocenters. The molecule has 0 saturated heterocycles. The highest BCUT2D eigenvalue weighted by atomic mass is 19.4. The molecule has 1 aliphatic carbocycles. The lowest BCUT2D eigenvalue weighted by Gasteiger charge is -2.30. The first kappa shape index (κ1) is 14.8. The summed E-state index contributed by atoms with van der Waals surface area (Å²) >= 11 is 0. The summed E-state index contributed by atoms with van der Waals surface area (Å²) in [5, 5.41) is 0. The van der Waals surface area contributed by atoms with Crippen molar-refractivity contribution in [1.29, 1.82) is 0 Å². The third-order valence-electron chi connectivity index (χ3n) is 3.62. The molecule has 110 valence electrons. The number of carbonyl (C=O) groups is 1. The first-order chi connectivity index (χ1) is 9.47. The minimum atomic E-state index is -4.10. The lowest BCUT2D eigenvalue weighted by Crippen LogP contribution is -2.46. The Balaban J connectivity index is 1.75. The van der Waals surface area contributed by atoms with Gasteiger partial charge in [0.25, 0.3) is 5.91 Å². The molecule has 0 radical (unpaired) electrons. The van der Waals surface area contributed by atoms with Gasteiger partial charge in [-0.25, -0.2) is 5.43 Å². The topological polar surface area (TPSA) is 41.1 Å². The number of rotatable bonds is 3. The van der Waals surface area contributed by atoms with Crippen molar-refractivity contribution in [3.8, 4) is 0 Å². The number of carbonyl (C=O) groups excluding carboxylic acids is 1. The molecule has 2 rings (SSSR count). The van der Waals surface area contributed by atoms with Crippen LogP contribution in [0.4, 0.5) is 13.2 Å². The Morgan fingerprint density at radius 2 is 1.65 bits per heavy atom. The molecule has 0 atom stereocenters. The van der Waals surface area contributed by atoms with Gasteiger partial charge in [0.2, 0.25) is 0 Å². The molecule has 2 N–H and O–H groups in total. The molecule has 1 aliphatic rings. The molecule has 20 heavy (non-hydrogen) atoms. The van der Waals surface area contributed by atoms with E-state index in [1.807, 2.05) is 6.07 Å². The van der Waals surface area contributed by atoms with Crippen LogP contribution in [0.15, 0.2) is 30.3 Å². The van der Waals surface area contributed by atoms with Crippen LogP contribution in [0.25, 0.3) is 0 Å². The van der Waals surface area contributed by atoms with E-state index in [4.69, 9.17) is 0 Å². The molecule has 0 aromatic heterocycles. The van der Waals surface area contributed by atoms with Crippen molar-refractivity contribution < 1.29 is 18.0 Å². The van der Waals surface area contributed by atoms with Crippen molar-refractivity contribution in [3.63, 3.8) is 0 Å². The first-order valence-corrected chi connectivity index (χ1v) is 6.64. The average molecular weight is 286 g/mol. The van der Waals surface area contributed by atoms with Crippen molar-refractivity contribution >= 4 is 5.91 Å². The van der Waals surface area contributed by atoms with Gasteiger partial charge >= 0.3 is 6.18 Å². The molecule has 1 fully saturated rings. The maximum absolute atomic E-state index is 12.5. The number of hydrogen-bond donors (Lipinski definition) is 2. The van der Waals surface area contributed by atoms with E-state index < -0.39 is 12.1 Å². The zero-order valence-electron chi connectivity index (χ0n) is 10.9. The van der Waals surface area contributed by atoms with E-state index >= 15 is 0 Å². The van der Waals surface area contributed by atoms with Crippen LogP contribution in [-0.2, 0) is 0 Å². The Labute approximate surface area is 115 Å². The normalized spacial score (nSPS) is 23.4. The van der Waals surface area contributed by atoms with E-state index in [1.165, 1.54) is 0 Å². The SMILES string of the molecule is O=C(NNC1CCC(C(F)(F)F)CC1)c1ccccc1. The zero-order valence-corrected chi connectivity index (χ0v) is 10.9. The maximum atomic E-state index is 12.5. The molecule has 6 heteroatoms. The second-order valence-corrected chi connectivity index (χ2v) is 5.05. The highest BCUT2D eigenvalue weighted by molar-refractivity contribution is 5.93. The minimum absolute atomic E-state index is 0.0961. The molecule has 1 amide bonds. The minimum Gasteiger partial charge on any atom is -0.287 e. The fraction of sp³-hybridized carbons (Fsp3) is 0.500. The Hall–Kier alpha value is -1.56. The monoisotopic (exact) mass is 286 g/mol. The van der Waals surface area contributed by atoms with Crippen LogP contribution in [0.5, 0.6) is 0 Å². The van der Waals surface area contributed by atoms with E-state index in [1.54, 1.807) is 24.3 Å². The summed E-state index contributed by atoms with van der Waals surface area (Å²) in [6.45, 7) is 0. The van der Waals surface area contributed by atoms with Crippen molar-refractivity contribution in [2.75, 3.05) is 0 Å². The van der Waals surface area contributed by atoms with Gasteiger partial charge < -0.3 is 0 Å². The summed E-state index contributed by atoms with van der Waals surface area (Å²) in [6, 6.07) is 8.58. The summed E-state index contributed by atoms with van der Waals surface area (Å²) < 4.78 is 37.5. The molecular formula is C14H17F3N2O. The van der Waals surface area contributed by atoms with Crippen LogP contribution >= 0.6 is 0 Å². The van der Waals surface area contributed by atoms with E-state index in [0.29, 0.717) is 18.4 Å². The van der Waals surface area contributed by atoms with Gasteiger partial charge in [-0.3, -0.25) is 10.2 Å². The molecule has 0 heterocycles. The lowest BCUT2D eigenvalue weighted by molar-refractivity contribution is -0.182. The van der Waals surface area contributed by atoms with Crippen LogP contribution < -0.4 is 10.9 Å². The molecule has 1 saturated carbocycles. The fourth-order valence-corrected chi connectivity index (χ4v) is 2.39. The third-order valence-corrected chi connectivity index (χ3v) is 3.62. The van der Waals surface area contributed by atoms with Gasteiger partial charge in [-0.15, -0.1) is 0 Å². The quantitative estimate of drug-likeness (QED) is 0.839. The largest absolute Gasteiger partial charge is 0.391 e. The van der Waals surface area contributed by atoms with Gasteiger partial charge in [-0.1, -0.05) is 18.2 Å². The number of hydrogen-bond acceptors (Lipinski definition) is 2. The molecule has 1 aromatic carbocycles. The highest BCUT2D eigenvalue weighted by Crippen LogP contribution is 2.37. The van der Waals surface area contributed by atoms with Crippen molar-refractivity contribution in [3.05, 3.63) is 35.9 Å². The van der Waals surface area contributed by atoms with Crippen LogP contribution in [0.1, 0.15) is 36.0 Å². The Bertz CT molecular complexity index is 439. The van der Waals surface area contributed by atoms with Crippen molar-refractivity contribution in [2.45, 2.75) is 37.9 Å². The van der Waals surface area contributed by atoms with E-state index in [-0.39, 0.29) is 24.8 Å². The van der Waals surface area contributed by atoms with Gasteiger partial charge in [0.1, 0.15) is 0 Å². The van der Waals surface area contributed by atoms with Crippen LogP contribution in [0.2, 0.25) is 0 Å². The number of hydrazine groups is 1. The standard InChI is InChI=1S/C14H17F3N2O/c15-14(16,17)11-6-8-12(9-7-11)18-19-13(20)10-4-2-1-3-5-10/h1-5,11-12,18H,6-9H2,(H,19,20). The molecule has 1 aromatic rings. The van der Waals surface area contributed by atoms with Crippen LogP contribution in [0.3, 0.4) is 0 Å². The van der Waals surface area contributed by atoms with Crippen molar-refractivity contribution in [1.82, 2.24) is 10.9 Å². The van der Waals surface area contributed by atoms with Gasteiger partial charge in [0.05, 0.1) is 5.92 Å². The fourth-order valence-electron chi connectivity index (χ4n) is 2.39. The summed E-state index contributed by atoms with van der Waals surface area (Å²) in [6.07, 6.45) is -3.04. The number of nitrogens with one attached hydrogen (secondary N) is 2. The summed E-state index contributed by atoms with van der Waals surface area (Å²) in [4.78, 5) is 11.8. The first-order valence-electron chi connectivity index (χ1n) is 6.64. The Morgan fingerprint density at radius 1 is 1.05 bits per heavy atom. The third kappa shape index (κ3) is 3.96. The second kappa shape index (κ2) is 6.26. The van der Waals surface area contributed by atoms with E-state index in [0.717, 1.165) is 0 Å². The summed E-state index contributed by atoms with van der Waals surface area (Å²) in [7, 11) is 0. The predicted molar refractivity (Wildman–Crippen MR) is 68.8 cm³/mol. The van der Waals surface area contributed by atoms with Gasteiger partial charge in [0, 0.05) is 11.6 Å². The number of amides is 1. The summed E-state index contributed by atoms with van der Waals surface area (Å²) in [5.41, 5.74) is 5.89. The Morgan fingerprint density at radius 3 is 2.20 bits per heavy atom. The molecule has 3 nitrogen and oxygen atoms in total. The number of benzene rings is 1. The van der Waals surface area contributed by atoms with Crippen molar-refractivity contribution in [2.24, 2.45) is 5.92 Å². The lowest BCUT2D eigenvalue weighted by atomic mass is 9.86. The van der Waals surface area contributed by atoms with Gasteiger partial charge in [-0.05, 0) is 37.8 Å². The molecule has 0 bridgehead atoms. The Kier molecular flexibility index (Phi) is 4.65. The van der Waals surface area contributed by atoms with Gasteiger partial charge in [0.15, 0.2) is 0 Å². The predicted octanol–water partition coefficient (Wildman–Crippen LogP) is 3.04. The number of halogens is 3. The van der Waals surface area contributed by atoms with E-state index in [2.05, 4.69) is 10.9 Å². The molecular weight excluding hydrogens is 269 g/mol. The molecule has 0 aliphatic heterocycles.